The Labute approximate surface area is 146 Å². The normalized spacial score (nSPS) is 10.6. The van der Waals surface area contributed by atoms with Crippen LogP contribution >= 0.6 is 11.3 Å². The molecule has 2 heterocycles. The molecule has 7 nitrogen and oxygen atoms in total. The second-order valence-corrected chi connectivity index (χ2v) is 6.04. The van der Waals surface area contributed by atoms with Gasteiger partial charge in [-0.25, -0.2) is 9.78 Å². The quantitative estimate of drug-likeness (QED) is 0.708. The van der Waals surface area contributed by atoms with E-state index in [2.05, 4.69) is 10.3 Å². The summed E-state index contributed by atoms with van der Waals surface area (Å²) in [6.07, 6.45) is 1.34. The number of aromatic nitrogens is 2. The number of esters is 1. The first-order valence-electron chi connectivity index (χ1n) is 7.58. The Kier molecular flexibility index (Phi) is 4.90. The number of benzene rings is 1. The van der Waals surface area contributed by atoms with Crippen molar-refractivity contribution < 1.29 is 14.3 Å². The summed E-state index contributed by atoms with van der Waals surface area (Å²) in [6.45, 7) is 1.75. The minimum absolute atomic E-state index is 0.198. The molecule has 0 aliphatic rings. The lowest BCUT2D eigenvalue weighted by Gasteiger charge is -2.11. The van der Waals surface area contributed by atoms with Crippen molar-refractivity contribution in [2.24, 2.45) is 0 Å². The third-order valence-corrected chi connectivity index (χ3v) is 4.34. The number of rotatable bonds is 5. The van der Waals surface area contributed by atoms with Gasteiger partial charge in [0.25, 0.3) is 5.56 Å². The number of nitrogens with one attached hydrogen (secondary N) is 1. The molecule has 0 unspecified atom stereocenters. The molecule has 0 atom stereocenters. The molecule has 0 saturated carbocycles. The van der Waals surface area contributed by atoms with Gasteiger partial charge < -0.3 is 10.1 Å². The van der Waals surface area contributed by atoms with Crippen LogP contribution in [-0.4, -0.2) is 28.0 Å². The van der Waals surface area contributed by atoms with Crippen molar-refractivity contribution in [3.8, 4) is 0 Å². The molecule has 128 valence electrons. The third-order valence-electron chi connectivity index (χ3n) is 3.45. The average molecular weight is 357 g/mol. The summed E-state index contributed by atoms with van der Waals surface area (Å²) >= 11 is 1.28. The van der Waals surface area contributed by atoms with E-state index in [0.29, 0.717) is 15.9 Å². The number of para-hydroxylation sites is 1. The number of carbonyl (C=O) groups excluding carboxylic acids is 2. The minimum atomic E-state index is -0.516. The maximum atomic E-state index is 12.3. The molecule has 0 saturated heterocycles. The molecule has 0 fully saturated rings. The number of amides is 1. The summed E-state index contributed by atoms with van der Waals surface area (Å²) in [6, 6.07) is 8.30. The Hall–Kier alpha value is -3.00. The maximum absolute atomic E-state index is 12.3. The van der Waals surface area contributed by atoms with Gasteiger partial charge in [0, 0.05) is 0 Å². The van der Waals surface area contributed by atoms with Crippen molar-refractivity contribution in [1.29, 1.82) is 0 Å². The fourth-order valence-corrected chi connectivity index (χ4v) is 3.11. The number of thiophene rings is 1. The van der Waals surface area contributed by atoms with Crippen LogP contribution in [0.3, 0.4) is 0 Å². The summed E-state index contributed by atoms with van der Waals surface area (Å²) in [5, 5.41) is 4.42. The molecular formula is C17H15N3O4S. The van der Waals surface area contributed by atoms with Gasteiger partial charge >= 0.3 is 5.97 Å². The van der Waals surface area contributed by atoms with E-state index in [4.69, 9.17) is 4.74 Å². The van der Waals surface area contributed by atoms with Gasteiger partial charge in [-0.05, 0) is 30.5 Å². The van der Waals surface area contributed by atoms with E-state index in [1.807, 2.05) is 0 Å². The Bertz CT molecular complexity index is 993. The highest BCUT2D eigenvalue weighted by Gasteiger charge is 2.15. The fourth-order valence-electron chi connectivity index (χ4n) is 2.32. The van der Waals surface area contributed by atoms with Crippen LogP contribution in [0.2, 0.25) is 0 Å². The molecule has 1 amide bonds. The van der Waals surface area contributed by atoms with Gasteiger partial charge in [-0.2, -0.15) is 0 Å². The van der Waals surface area contributed by atoms with Crippen LogP contribution in [0.15, 0.2) is 46.8 Å². The van der Waals surface area contributed by atoms with Crippen molar-refractivity contribution in [2.75, 3.05) is 11.9 Å². The third kappa shape index (κ3) is 3.58. The van der Waals surface area contributed by atoms with Gasteiger partial charge in [0.05, 0.1) is 29.7 Å². The molecule has 0 aliphatic heterocycles. The first-order chi connectivity index (χ1) is 12.1. The van der Waals surface area contributed by atoms with Crippen LogP contribution in [0.25, 0.3) is 10.2 Å². The van der Waals surface area contributed by atoms with Gasteiger partial charge in [0.15, 0.2) is 0 Å². The van der Waals surface area contributed by atoms with Gasteiger partial charge in [0.2, 0.25) is 5.91 Å². The number of nitrogens with zero attached hydrogens (tertiary/aromatic N) is 2. The van der Waals surface area contributed by atoms with Crippen molar-refractivity contribution in [3.05, 3.63) is 58.0 Å². The highest BCUT2D eigenvalue weighted by molar-refractivity contribution is 7.17. The maximum Gasteiger partial charge on any atom is 0.340 e. The molecule has 0 spiro atoms. The highest BCUT2D eigenvalue weighted by atomic mass is 32.1. The van der Waals surface area contributed by atoms with Crippen molar-refractivity contribution in [2.45, 2.75) is 13.5 Å². The number of hydrogen-bond donors (Lipinski definition) is 1. The lowest BCUT2D eigenvalue weighted by Crippen LogP contribution is -2.28. The van der Waals surface area contributed by atoms with Crippen LogP contribution in [-0.2, 0) is 16.1 Å². The van der Waals surface area contributed by atoms with Gasteiger partial charge in [-0.1, -0.05) is 12.1 Å². The van der Waals surface area contributed by atoms with Crippen LogP contribution in [0.4, 0.5) is 5.69 Å². The van der Waals surface area contributed by atoms with Crippen molar-refractivity contribution >= 4 is 39.1 Å². The largest absolute Gasteiger partial charge is 0.462 e. The zero-order chi connectivity index (χ0) is 17.8. The van der Waals surface area contributed by atoms with Gasteiger partial charge in [0.1, 0.15) is 11.2 Å². The monoisotopic (exact) mass is 357 g/mol. The van der Waals surface area contributed by atoms with Gasteiger partial charge in [-0.3, -0.25) is 14.2 Å². The fraction of sp³-hybridized carbons (Fsp3) is 0.176. The van der Waals surface area contributed by atoms with Crippen LogP contribution in [0.5, 0.6) is 0 Å². The molecule has 25 heavy (non-hydrogen) atoms. The number of ether oxygens (including phenoxy) is 1. The minimum Gasteiger partial charge on any atom is -0.462 e. The zero-order valence-corrected chi connectivity index (χ0v) is 14.2. The smallest absolute Gasteiger partial charge is 0.340 e. The zero-order valence-electron chi connectivity index (χ0n) is 13.4. The number of hydrogen-bond acceptors (Lipinski definition) is 6. The molecular weight excluding hydrogens is 342 g/mol. The second-order valence-electron chi connectivity index (χ2n) is 5.13. The molecule has 0 radical (unpaired) electrons. The molecule has 3 aromatic rings. The first kappa shape index (κ1) is 16.8. The van der Waals surface area contributed by atoms with E-state index in [9.17, 15) is 14.4 Å². The molecule has 0 bridgehead atoms. The summed E-state index contributed by atoms with van der Waals surface area (Å²) in [4.78, 5) is 40.7. The van der Waals surface area contributed by atoms with Gasteiger partial charge in [-0.15, -0.1) is 11.3 Å². The van der Waals surface area contributed by atoms with E-state index in [1.54, 1.807) is 42.6 Å². The van der Waals surface area contributed by atoms with E-state index in [1.165, 1.54) is 22.2 Å². The van der Waals surface area contributed by atoms with E-state index in [0.717, 1.165) is 0 Å². The summed E-state index contributed by atoms with van der Waals surface area (Å²) in [5.41, 5.74) is 0.939. The first-order valence-corrected chi connectivity index (χ1v) is 8.46. The summed E-state index contributed by atoms with van der Waals surface area (Å²) in [7, 11) is 0. The Morgan fingerprint density at radius 1 is 1.28 bits per heavy atom. The Balaban J connectivity index is 1.80. The van der Waals surface area contributed by atoms with E-state index >= 15 is 0 Å². The predicted molar refractivity (Wildman–Crippen MR) is 94.9 cm³/mol. The Morgan fingerprint density at radius 3 is 2.88 bits per heavy atom. The number of fused-ring (bicyclic) bond motifs is 1. The predicted octanol–water partition coefficient (Wildman–Crippen LogP) is 2.27. The van der Waals surface area contributed by atoms with Crippen molar-refractivity contribution in [1.82, 2.24) is 9.55 Å². The molecule has 0 aliphatic carbocycles. The highest BCUT2D eigenvalue weighted by Crippen LogP contribution is 2.17. The molecule has 1 aromatic carbocycles. The Morgan fingerprint density at radius 2 is 2.08 bits per heavy atom. The molecule has 2 aromatic heterocycles. The molecule has 3 rings (SSSR count). The van der Waals surface area contributed by atoms with E-state index < -0.39 is 11.9 Å². The topological polar surface area (TPSA) is 90.3 Å². The summed E-state index contributed by atoms with van der Waals surface area (Å²) in [5.74, 6) is -0.950. The van der Waals surface area contributed by atoms with Crippen LogP contribution in [0, 0.1) is 0 Å². The average Bonchev–Trinajstić information content (AvgIpc) is 3.07. The van der Waals surface area contributed by atoms with Crippen LogP contribution < -0.4 is 10.9 Å². The second kappa shape index (κ2) is 7.27. The molecule has 8 heteroatoms. The number of anilines is 1. The van der Waals surface area contributed by atoms with Crippen molar-refractivity contribution in [3.63, 3.8) is 0 Å². The lowest BCUT2D eigenvalue weighted by molar-refractivity contribution is -0.116. The standard InChI is InChI=1S/C17H15N3O4S/c1-2-24-17(23)11-5-3-4-6-12(11)19-14(21)9-20-10-18-13-7-8-25-15(13)16(20)22/h3-8,10H,2,9H2,1H3,(H,19,21). The van der Waals surface area contributed by atoms with Crippen LogP contribution in [0.1, 0.15) is 17.3 Å². The molecule has 1 N–H and O–H groups in total. The van der Waals surface area contributed by atoms with E-state index in [-0.39, 0.29) is 24.3 Å². The summed E-state index contributed by atoms with van der Waals surface area (Å²) < 4.78 is 6.71. The lowest BCUT2D eigenvalue weighted by atomic mass is 10.2. The number of carbonyl (C=O) groups is 2. The SMILES string of the molecule is CCOC(=O)c1ccccc1NC(=O)Cn1cnc2ccsc2c1=O.